The fourth-order valence-corrected chi connectivity index (χ4v) is 0.964. The van der Waals surface area contributed by atoms with Crippen LogP contribution in [0.2, 0.25) is 0 Å². The van der Waals surface area contributed by atoms with E-state index in [0.717, 1.165) is 19.3 Å². The van der Waals surface area contributed by atoms with Crippen LogP contribution in [0.25, 0.3) is 0 Å². The molecule has 0 radical (unpaired) electrons. The molecule has 0 bridgehead atoms. The quantitative estimate of drug-likeness (QED) is 0.556. The lowest BCUT2D eigenvalue weighted by atomic mass is 10.1. The summed E-state index contributed by atoms with van der Waals surface area (Å²) in [6.45, 7) is 6.12. The van der Waals surface area contributed by atoms with Gasteiger partial charge < -0.3 is 0 Å². The topological polar surface area (TPSA) is 17.1 Å². The highest BCUT2D eigenvalue weighted by Gasteiger charge is 1.97. The smallest absolute Gasteiger partial charge is 0.132 e. The zero-order chi connectivity index (χ0) is 8.69. The van der Waals surface area contributed by atoms with Crippen molar-refractivity contribution in [2.45, 2.75) is 46.5 Å². The van der Waals surface area contributed by atoms with Gasteiger partial charge >= 0.3 is 0 Å². The van der Waals surface area contributed by atoms with E-state index >= 15 is 0 Å². The Bertz CT molecular complexity index is 145. The number of ketones is 1. The number of hydrogen-bond donors (Lipinski definition) is 0. The van der Waals surface area contributed by atoms with Crippen LogP contribution < -0.4 is 0 Å². The van der Waals surface area contributed by atoms with Crippen molar-refractivity contribution in [1.29, 1.82) is 0 Å². The molecule has 0 spiro atoms. The van der Waals surface area contributed by atoms with Crippen LogP contribution in [0.4, 0.5) is 0 Å². The van der Waals surface area contributed by atoms with Crippen molar-refractivity contribution in [3.05, 3.63) is 11.6 Å². The van der Waals surface area contributed by atoms with E-state index in [1.807, 2.05) is 6.92 Å². The first-order valence-electron chi connectivity index (χ1n) is 4.38. The minimum atomic E-state index is 0.369. The molecule has 0 saturated heterocycles. The van der Waals surface area contributed by atoms with Crippen LogP contribution in [-0.2, 0) is 4.79 Å². The lowest BCUT2D eigenvalue weighted by molar-refractivity contribution is -0.118. The summed E-state index contributed by atoms with van der Waals surface area (Å²) in [5, 5.41) is 0. The van der Waals surface area contributed by atoms with Crippen LogP contribution in [0.3, 0.4) is 0 Å². The minimum absolute atomic E-state index is 0.369. The monoisotopic (exact) mass is 154 g/mol. The number of Topliss-reactive ketones (excluding diaryl/α,β-unsaturated/α-hetero) is 1. The van der Waals surface area contributed by atoms with Crippen molar-refractivity contribution in [2.24, 2.45) is 0 Å². The predicted octanol–water partition coefficient (Wildman–Crippen LogP) is 3.10. The number of rotatable bonds is 5. The van der Waals surface area contributed by atoms with E-state index in [4.69, 9.17) is 0 Å². The summed E-state index contributed by atoms with van der Waals surface area (Å²) in [5.74, 6) is 0.369. The van der Waals surface area contributed by atoms with Crippen molar-refractivity contribution in [3.63, 3.8) is 0 Å². The molecule has 0 unspecified atom stereocenters. The van der Waals surface area contributed by atoms with Gasteiger partial charge in [-0.05, 0) is 19.8 Å². The third kappa shape index (κ3) is 5.84. The van der Waals surface area contributed by atoms with Gasteiger partial charge in [0.05, 0.1) is 0 Å². The molecule has 64 valence electrons. The van der Waals surface area contributed by atoms with E-state index in [0.29, 0.717) is 12.2 Å². The van der Waals surface area contributed by atoms with Gasteiger partial charge in [0.25, 0.3) is 0 Å². The lowest BCUT2D eigenvalue weighted by Crippen LogP contribution is -1.94. The van der Waals surface area contributed by atoms with Crippen LogP contribution >= 0.6 is 0 Å². The van der Waals surface area contributed by atoms with Crippen molar-refractivity contribution >= 4 is 5.78 Å². The maximum Gasteiger partial charge on any atom is 0.132 e. The predicted molar refractivity (Wildman–Crippen MR) is 48.6 cm³/mol. The number of hydrogen-bond acceptors (Lipinski definition) is 1. The number of allylic oxidation sites excluding steroid dienone is 2. The van der Waals surface area contributed by atoms with Gasteiger partial charge in [0.2, 0.25) is 0 Å². The molecule has 0 saturated carbocycles. The fraction of sp³-hybridized carbons (Fsp3) is 0.700. The molecule has 0 aromatic rings. The van der Waals surface area contributed by atoms with Gasteiger partial charge in [0.15, 0.2) is 0 Å². The Kier molecular flexibility index (Phi) is 5.81. The summed E-state index contributed by atoms with van der Waals surface area (Å²) >= 11 is 0. The second-order valence-corrected chi connectivity index (χ2v) is 2.85. The van der Waals surface area contributed by atoms with Crippen LogP contribution in [0.1, 0.15) is 46.5 Å². The molecule has 0 heterocycles. The van der Waals surface area contributed by atoms with E-state index in [9.17, 15) is 4.79 Å². The molecule has 0 aliphatic heterocycles. The normalized spacial score (nSPS) is 11.7. The maximum absolute atomic E-state index is 10.9. The van der Waals surface area contributed by atoms with Crippen LogP contribution in [-0.4, -0.2) is 5.78 Å². The average molecular weight is 154 g/mol. The summed E-state index contributed by atoms with van der Waals surface area (Å²) in [4.78, 5) is 10.9. The van der Waals surface area contributed by atoms with E-state index in [2.05, 4.69) is 19.9 Å². The van der Waals surface area contributed by atoms with Gasteiger partial charge in [-0.2, -0.15) is 0 Å². The molecule has 0 rings (SSSR count). The van der Waals surface area contributed by atoms with Crippen LogP contribution in [0.5, 0.6) is 0 Å². The highest BCUT2D eigenvalue weighted by Crippen LogP contribution is 2.06. The molecule has 0 N–H and O–H groups in total. The molecule has 0 fully saturated rings. The highest BCUT2D eigenvalue weighted by atomic mass is 16.1. The molecule has 0 amide bonds. The van der Waals surface area contributed by atoms with Crippen molar-refractivity contribution in [1.82, 2.24) is 0 Å². The van der Waals surface area contributed by atoms with Gasteiger partial charge in [-0.1, -0.05) is 25.5 Å². The Morgan fingerprint density at radius 2 is 1.91 bits per heavy atom. The first-order chi connectivity index (χ1) is 5.20. The molecule has 0 aromatic carbocycles. The van der Waals surface area contributed by atoms with Gasteiger partial charge in [-0.25, -0.2) is 0 Å². The van der Waals surface area contributed by atoms with Crippen molar-refractivity contribution in [3.8, 4) is 0 Å². The molecule has 0 atom stereocenters. The third-order valence-corrected chi connectivity index (χ3v) is 1.75. The van der Waals surface area contributed by atoms with Crippen LogP contribution in [0.15, 0.2) is 11.6 Å². The Balaban J connectivity index is 3.53. The van der Waals surface area contributed by atoms with Gasteiger partial charge in [0, 0.05) is 12.8 Å². The number of carbonyl (C=O) groups is 1. The second-order valence-electron chi connectivity index (χ2n) is 2.85. The fourth-order valence-electron chi connectivity index (χ4n) is 0.964. The number of carbonyl (C=O) groups excluding carboxylic acids is 1. The first kappa shape index (κ1) is 10.4. The van der Waals surface area contributed by atoms with E-state index in [1.165, 1.54) is 5.57 Å². The zero-order valence-corrected chi connectivity index (χ0v) is 7.81. The first-order valence-corrected chi connectivity index (χ1v) is 4.38. The molecular weight excluding hydrogens is 136 g/mol. The Hall–Kier alpha value is -0.590. The summed E-state index contributed by atoms with van der Waals surface area (Å²) in [6, 6.07) is 0. The summed E-state index contributed by atoms with van der Waals surface area (Å²) in [5.41, 5.74) is 1.34. The Morgan fingerprint density at radius 1 is 1.27 bits per heavy atom. The molecule has 0 aromatic heterocycles. The lowest BCUT2D eigenvalue weighted by Gasteiger charge is -1.98. The van der Waals surface area contributed by atoms with Gasteiger partial charge in [-0.3, -0.25) is 4.79 Å². The molecular formula is C10H18O. The van der Waals surface area contributed by atoms with Gasteiger partial charge in [0.1, 0.15) is 5.78 Å². The van der Waals surface area contributed by atoms with Crippen molar-refractivity contribution < 1.29 is 4.79 Å². The maximum atomic E-state index is 10.9. The molecule has 1 heteroatoms. The van der Waals surface area contributed by atoms with E-state index < -0.39 is 0 Å². The van der Waals surface area contributed by atoms with E-state index in [1.54, 1.807) is 0 Å². The largest absolute Gasteiger partial charge is 0.300 e. The highest BCUT2D eigenvalue weighted by molar-refractivity contribution is 5.78. The second kappa shape index (κ2) is 6.14. The molecule has 1 nitrogen and oxygen atoms in total. The summed E-state index contributed by atoms with van der Waals surface area (Å²) in [6.07, 6.45) is 5.61. The summed E-state index contributed by atoms with van der Waals surface area (Å²) < 4.78 is 0. The van der Waals surface area contributed by atoms with Gasteiger partial charge in [-0.15, -0.1) is 0 Å². The van der Waals surface area contributed by atoms with Crippen LogP contribution in [0, 0.1) is 0 Å². The van der Waals surface area contributed by atoms with E-state index in [-0.39, 0.29) is 0 Å². The summed E-state index contributed by atoms with van der Waals surface area (Å²) in [7, 11) is 0. The zero-order valence-electron chi connectivity index (χ0n) is 7.81. The average Bonchev–Trinajstić information content (AvgIpc) is 2.01. The molecule has 11 heavy (non-hydrogen) atoms. The Morgan fingerprint density at radius 3 is 2.36 bits per heavy atom. The minimum Gasteiger partial charge on any atom is -0.300 e. The molecule has 0 aliphatic carbocycles. The SMILES string of the molecule is CC/C=C(\C)CCC(=O)CC. The molecule has 0 aliphatic rings. The Labute approximate surface area is 69.5 Å². The standard InChI is InChI=1S/C10H18O/c1-4-6-9(3)7-8-10(11)5-2/h6H,4-5,7-8H2,1-3H3/b9-6+. The van der Waals surface area contributed by atoms with Crippen molar-refractivity contribution in [2.75, 3.05) is 0 Å². The third-order valence-electron chi connectivity index (χ3n) is 1.75.